The van der Waals surface area contributed by atoms with Gasteiger partial charge in [-0.25, -0.2) is 4.98 Å². The van der Waals surface area contributed by atoms with Gasteiger partial charge in [0.25, 0.3) is 5.91 Å². The summed E-state index contributed by atoms with van der Waals surface area (Å²) < 4.78 is 5.38. The molecule has 190 valence electrons. The number of hydrogen-bond acceptors (Lipinski definition) is 6. The van der Waals surface area contributed by atoms with Crippen LogP contribution in [0.15, 0.2) is 24.3 Å². The second-order valence-corrected chi connectivity index (χ2v) is 10.8. The van der Waals surface area contributed by atoms with Gasteiger partial charge in [0.2, 0.25) is 5.91 Å². The SMILES string of the molecule is Cc1ccc(-c2nc(C)c(C(=O)N3CCC(C(C)C(=O)NCCCN4CCOCC4)CC3)s2)cc1. The van der Waals surface area contributed by atoms with Gasteiger partial charge in [-0.15, -0.1) is 11.3 Å². The smallest absolute Gasteiger partial charge is 0.265 e. The van der Waals surface area contributed by atoms with Crippen molar-refractivity contribution in [3.63, 3.8) is 0 Å². The van der Waals surface area contributed by atoms with Crippen LogP contribution in [0.1, 0.15) is 47.1 Å². The van der Waals surface area contributed by atoms with E-state index in [1.54, 1.807) is 0 Å². The molecule has 1 unspecified atom stereocenters. The first-order valence-electron chi connectivity index (χ1n) is 12.8. The van der Waals surface area contributed by atoms with Crippen molar-refractivity contribution in [1.82, 2.24) is 20.1 Å². The first-order chi connectivity index (χ1) is 16.9. The fraction of sp³-hybridized carbons (Fsp3) is 0.593. The van der Waals surface area contributed by atoms with Gasteiger partial charge in [-0.1, -0.05) is 36.8 Å². The Morgan fingerprint density at radius 2 is 1.80 bits per heavy atom. The number of nitrogens with zero attached hydrogens (tertiary/aromatic N) is 3. The molecule has 1 N–H and O–H groups in total. The normalized spacial score (nSPS) is 18.4. The van der Waals surface area contributed by atoms with Gasteiger partial charge >= 0.3 is 0 Å². The second kappa shape index (κ2) is 12.1. The molecule has 2 aromatic rings. The molecule has 2 amide bonds. The minimum atomic E-state index is -0.0334. The number of hydrogen-bond donors (Lipinski definition) is 1. The largest absolute Gasteiger partial charge is 0.379 e. The zero-order chi connectivity index (χ0) is 24.8. The minimum absolute atomic E-state index is 0.0334. The first kappa shape index (κ1) is 25.8. The van der Waals surface area contributed by atoms with Crippen molar-refractivity contribution in [3.8, 4) is 10.6 Å². The van der Waals surface area contributed by atoms with Crippen molar-refractivity contribution < 1.29 is 14.3 Å². The third kappa shape index (κ3) is 6.68. The lowest BCUT2D eigenvalue weighted by atomic mass is 9.84. The number of aromatic nitrogens is 1. The Balaban J connectivity index is 1.23. The number of ether oxygens (including phenoxy) is 1. The van der Waals surface area contributed by atoms with Gasteiger partial charge in [0.1, 0.15) is 9.88 Å². The monoisotopic (exact) mass is 498 g/mol. The van der Waals surface area contributed by atoms with Crippen molar-refractivity contribution in [2.45, 2.75) is 40.0 Å². The average molecular weight is 499 g/mol. The van der Waals surface area contributed by atoms with E-state index in [0.717, 1.165) is 73.3 Å². The van der Waals surface area contributed by atoms with Gasteiger partial charge < -0.3 is 15.0 Å². The molecule has 2 aliphatic heterocycles. The summed E-state index contributed by atoms with van der Waals surface area (Å²) in [5.41, 5.74) is 3.05. The van der Waals surface area contributed by atoms with Crippen LogP contribution in [-0.4, -0.2) is 79.1 Å². The van der Waals surface area contributed by atoms with Crippen LogP contribution in [-0.2, 0) is 9.53 Å². The molecule has 4 rings (SSSR count). The van der Waals surface area contributed by atoms with E-state index in [2.05, 4.69) is 46.4 Å². The van der Waals surface area contributed by atoms with E-state index in [4.69, 9.17) is 4.74 Å². The van der Waals surface area contributed by atoms with Crippen LogP contribution >= 0.6 is 11.3 Å². The van der Waals surface area contributed by atoms with Crippen molar-refractivity contribution in [3.05, 3.63) is 40.4 Å². The van der Waals surface area contributed by atoms with E-state index in [9.17, 15) is 9.59 Å². The van der Waals surface area contributed by atoms with Gasteiger partial charge in [0, 0.05) is 44.2 Å². The van der Waals surface area contributed by atoms with Gasteiger partial charge in [-0.3, -0.25) is 14.5 Å². The zero-order valence-corrected chi connectivity index (χ0v) is 22.0. The lowest BCUT2D eigenvalue weighted by Gasteiger charge is -2.34. The zero-order valence-electron chi connectivity index (χ0n) is 21.2. The van der Waals surface area contributed by atoms with Crippen molar-refractivity contribution in [1.29, 1.82) is 0 Å². The average Bonchev–Trinajstić information content (AvgIpc) is 3.28. The molecular weight excluding hydrogens is 460 g/mol. The van der Waals surface area contributed by atoms with E-state index in [-0.39, 0.29) is 17.7 Å². The quantitative estimate of drug-likeness (QED) is 0.561. The summed E-state index contributed by atoms with van der Waals surface area (Å²) in [5.74, 6) is 0.479. The van der Waals surface area contributed by atoms with Crippen LogP contribution in [0.2, 0.25) is 0 Å². The molecule has 7 nitrogen and oxygen atoms in total. The number of carbonyl (C=O) groups excluding carboxylic acids is 2. The van der Waals surface area contributed by atoms with Crippen LogP contribution in [0.4, 0.5) is 0 Å². The standard InChI is InChI=1S/C27H38N4O3S/c1-19-5-7-23(8-6-19)26-29-21(3)24(35-26)27(33)31-13-9-22(10-14-31)20(2)25(32)28-11-4-12-30-15-17-34-18-16-30/h5-8,20,22H,4,9-18H2,1-3H3,(H,28,32). The topological polar surface area (TPSA) is 74.8 Å². The summed E-state index contributed by atoms with van der Waals surface area (Å²) in [6.07, 6.45) is 2.68. The maximum Gasteiger partial charge on any atom is 0.265 e. The Labute approximate surface area is 212 Å². The van der Waals surface area contributed by atoms with E-state index in [0.29, 0.717) is 25.6 Å². The Morgan fingerprint density at radius 3 is 2.49 bits per heavy atom. The molecule has 2 fully saturated rings. The Kier molecular flexibility index (Phi) is 8.92. The lowest BCUT2D eigenvalue weighted by molar-refractivity contribution is -0.126. The van der Waals surface area contributed by atoms with Crippen LogP contribution in [0, 0.1) is 25.7 Å². The number of nitrogens with one attached hydrogen (secondary N) is 1. The van der Waals surface area contributed by atoms with Crippen molar-refractivity contribution in [2.24, 2.45) is 11.8 Å². The Hall–Kier alpha value is -2.29. The highest BCUT2D eigenvalue weighted by molar-refractivity contribution is 7.17. The second-order valence-electron chi connectivity index (χ2n) is 9.82. The van der Waals surface area contributed by atoms with Crippen LogP contribution in [0.5, 0.6) is 0 Å². The van der Waals surface area contributed by atoms with Crippen LogP contribution in [0.25, 0.3) is 10.6 Å². The third-order valence-electron chi connectivity index (χ3n) is 7.29. The number of likely N-dealkylation sites (tertiary alicyclic amines) is 1. The molecule has 1 aromatic carbocycles. The molecule has 8 heteroatoms. The summed E-state index contributed by atoms with van der Waals surface area (Å²) >= 11 is 1.48. The molecule has 2 saturated heterocycles. The Morgan fingerprint density at radius 1 is 1.11 bits per heavy atom. The van der Waals surface area contributed by atoms with E-state index < -0.39 is 0 Å². The lowest BCUT2D eigenvalue weighted by Crippen LogP contribution is -2.43. The number of rotatable bonds is 8. The molecule has 1 aromatic heterocycles. The Bertz CT molecular complexity index is 992. The van der Waals surface area contributed by atoms with E-state index in [1.165, 1.54) is 16.9 Å². The van der Waals surface area contributed by atoms with E-state index in [1.807, 2.05) is 18.7 Å². The van der Waals surface area contributed by atoms with Crippen molar-refractivity contribution in [2.75, 3.05) is 52.5 Å². The van der Waals surface area contributed by atoms with Gasteiger partial charge in [0.15, 0.2) is 0 Å². The number of aryl methyl sites for hydroxylation is 2. The summed E-state index contributed by atoms with van der Waals surface area (Å²) in [5, 5.41) is 4.01. The molecule has 0 bridgehead atoms. The number of morpholine rings is 1. The molecular formula is C27H38N4O3S. The van der Waals surface area contributed by atoms with Gasteiger partial charge in [0.05, 0.1) is 18.9 Å². The molecule has 3 heterocycles. The molecule has 0 radical (unpaired) electrons. The summed E-state index contributed by atoms with van der Waals surface area (Å²) in [6.45, 7) is 12.7. The number of thiazole rings is 1. The van der Waals surface area contributed by atoms with Crippen molar-refractivity contribution >= 4 is 23.2 Å². The molecule has 1 atom stereocenters. The van der Waals surface area contributed by atoms with Crippen LogP contribution < -0.4 is 5.32 Å². The predicted molar refractivity (Wildman–Crippen MR) is 140 cm³/mol. The molecule has 0 aliphatic carbocycles. The molecule has 0 spiro atoms. The first-order valence-corrected chi connectivity index (χ1v) is 13.7. The highest BCUT2D eigenvalue weighted by atomic mass is 32.1. The third-order valence-corrected chi connectivity index (χ3v) is 8.49. The number of piperidine rings is 1. The highest BCUT2D eigenvalue weighted by Crippen LogP contribution is 2.31. The summed E-state index contributed by atoms with van der Waals surface area (Å²) in [6, 6.07) is 8.25. The number of benzene rings is 1. The highest BCUT2D eigenvalue weighted by Gasteiger charge is 2.31. The van der Waals surface area contributed by atoms with E-state index >= 15 is 0 Å². The molecule has 0 saturated carbocycles. The maximum atomic E-state index is 13.2. The fourth-order valence-electron chi connectivity index (χ4n) is 4.87. The molecule has 2 aliphatic rings. The van der Waals surface area contributed by atoms with Crippen LogP contribution in [0.3, 0.4) is 0 Å². The predicted octanol–water partition coefficient (Wildman–Crippen LogP) is 3.75. The maximum absolute atomic E-state index is 13.2. The summed E-state index contributed by atoms with van der Waals surface area (Å²) in [4.78, 5) is 35.7. The summed E-state index contributed by atoms with van der Waals surface area (Å²) in [7, 11) is 0. The fourth-order valence-corrected chi connectivity index (χ4v) is 5.91. The van der Waals surface area contributed by atoms with Gasteiger partial charge in [-0.2, -0.15) is 0 Å². The van der Waals surface area contributed by atoms with Gasteiger partial charge in [-0.05, 0) is 45.6 Å². The minimum Gasteiger partial charge on any atom is -0.379 e. The number of amides is 2. The molecule has 35 heavy (non-hydrogen) atoms. The number of carbonyl (C=O) groups is 2.